The van der Waals surface area contributed by atoms with Crippen LogP contribution in [0.15, 0.2) is 24.3 Å². The number of aryl methyl sites for hydroxylation is 1. The molecule has 0 fully saturated rings. The minimum Gasteiger partial charge on any atom is -0.480 e. The van der Waals surface area contributed by atoms with Gasteiger partial charge in [-0.2, -0.15) is 0 Å². The van der Waals surface area contributed by atoms with E-state index in [0.717, 1.165) is 5.75 Å². The van der Waals surface area contributed by atoms with Crippen molar-refractivity contribution in [2.24, 2.45) is 0 Å². The summed E-state index contributed by atoms with van der Waals surface area (Å²) in [5.74, 6) is 0.0633. The Bertz CT molecular complexity index is 336. The molecule has 0 saturated heterocycles. The van der Waals surface area contributed by atoms with Crippen molar-refractivity contribution in [1.82, 2.24) is 0 Å². The summed E-state index contributed by atoms with van der Waals surface area (Å²) in [6.07, 6.45) is 0.673. The van der Waals surface area contributed by atoms with Crippen molar-refractivity contribution in [3.63, 3.8) is 0 Å². The zero-order chi connectivity index (χ0) is 11.3. The third kappa shape index (κ3) is 3.59. The van der Waals surface area contributed by atoms with Crippen LogP contribution in [0, 0.1) is 6.92 Å². The first kappa shape index (κ1) is 12.1. The van der Waals surface area contributed by atoms with Crippen molar-refractivity contribution in [1.29, 1.82) is 0 Å². The van der Waals surface area contributed by atoms with Crippen LogP contribution in [0.2, 0.25) is 0 Å². The van der Waals surface area contributed by atoms with E-state index in [1.54, 1.807) is 0 Å². The molecule has 0 aliphatic carbocycles. The molecule has 1 aromatic carbocycles. The average Bonchev–Trinajstić information content (AvgIpc) is 2.21. The molecule has 0 spiro atoms. The van der Waals surface area contributed by atoms with Crippen molar-refractivity contribution < 1.29 is 9.90 Å². The molecule has 1 unspecified atom stereocenters. The van der Waals surface area contributed by atoms with Gasteiger partial charge in [0, 0.05) is 5.75 Å². The minimum atomic E-state index is -0.712. The number of carboxylic acid groups (broad SMARTS) is 1. The SMILES string of the molecule is CCC(SCc1ccccc1C)C(=O)O. The number of rotatable bonds is 5. The molecule has 82 valence electrons. The van der Waals surface area contributed by atoms with Gasteiger partial charge in [0.25, 0.3) is 0 Å². The number of hydrogen-bond donors (Lipinski definition) is 1. The maximum Gasteiger partial charge on any atom is 0.316 e. The van der Waals surface area contributed by atoms with Crippen molar-refractivity contribution in [2.45, 2.75) is 31.3 Å². The van der Waals surface area contributed by atoms with E-state index in [0.29, 0.717) is 6.42 Å². The predicted molar refractivity (Wildman–Crippen MR) is 64.2 cm³/mol. The van der Waals surface area contributed by atoms with Gasteiger partial charge in [0.05, 0.1) is 0 Å². The predicted octanol–water partition coefficient (Wildman–Crippen LogP) is 3.09. The number of hydrogen-bond acceptors (Lipinski definition) is 2. The summed E-state index contributed by atoms with van der Waals surface area (Å²) in [5.41, 5.74) is 2.45. The molecule has 3 heteroatoms. The molecule has 1 aromatic rings. The highest BCUT2D eigenvalue weighted by molar-refractivity contribution is 7.99. The van der Waals surface area contributed by atoms with Crippen LogP contribution in [-0.2, 0) is 10.5 Å². The molecule has 0 saturated carbocycles. The van der Waals surface area contributed by atoms with Gasteiger partial charge in [-0.3, -0.25) is 4.79 Å². The number of thioether (sulfide) groups is 1. The van der Waals surface area contributed by atoms with Crippen LogP contribution in [-0.4, -0.2) is 16.3 Å². The van der Waals surface area contributed by atoms with E-state index in [2.05, 4.69) is 19.1 Å². The fourth-order valence-electron chi connectivity index (χ4n) is 1.33. The van der Waals surface area contributed by atoms with Gasteiger partial charge in [0.2, 0.25) is 0 Å². The largest absolute Gasteiger partial charge is 0.480 e. The second-order valence-corrected chi connectivity index (χ2v) is 4.66. The highest BCUT2D eigenvalue weighted by Crippen LogP contribution is 2.22. The van der Waals surface area contributed by atoms with E-state index in [-0.39, 0.29) is 5.25 Å². The van der Waals surface area contributed by atoms with Gasteiger partial charge in [0.1, 0.15) is 5.25 Å². The summed E-state index contributed by atoms with van der Waals surface area (Å²) >= 11 is 1.50. The Balaban J connectivity index is 2.56. The minimum absolute atomic E-state index is 0.287. The standard InChI is InChI=1S/C12H16O2S/c1-3-11(12(13)14)15-8-10-7-5-4-6-9(10)2/h4-7,11H,3,8H2,1-2H3,(H,13,14). The first-order chi connectivity index (χ1) is 7.15. The zero-order valence-corrected chi connectivity index (χ0v) is 9.88. The molecule has 1 rings (SSSR count). The lowest BCUT2D eigenvalue weighted by atomic mass is 10.1. The van der Waals surface area contributed by atoms with E-state index < -0.39 is 5.97 Å². The number of aliphatic carboxylic acids is 1. The van der Waals surface area contributed by atoms with Crippen LogP contribution in [0.1, 0.15) is 24.5 Å². The van der Waals surface area contributed by atoms with E-state index in [1.165, 1.54) is 22.9 Å². The molecule has 1 N–H and O–H groups in total. The molecular weight excluding hydrogens is 208 g/mol. The first-order valence-electron chi connectivity index (χ1n) is 5.04. The Morgan fingerprint density at radius 2 is 2.13 bits per heavy atom. The zero-order valence-electron chi connectivity index (χ0n) is 9.06. The number of carboxylic acids is 1. The smallest absolute Gasteiger partial charge is 0.316 e. The lowest BCUT2D eigenvalue weighted by Gasteiger charge is -2.10. The highest BCUT2D eigenvalue weighted by Gasteiger charge is 2.15. The van der Waals surface area contributed by atoms with Crippen LogP contribution >= 0.6 is 11.8 Å². The molecular formula is C12H16O2S. The highest BCUT2D eigenvalue weighted by atomic mass is 32.2. The normalized spacial score (nSPS) is 12.4. The van der Waals surface area contributed by atoms with E-state index in [4.69, 9.17) is 5.11 Å². The average molecular weight is 224 g/mol. The molecule has 1 atom stereocenters. The van der Waals surface area contributed by atoms with Crippen molar-refractivity contribution in [3.8, 4) is 0 Å². The summed E-state index contributed by atoms with van der Waals surface area (Å²) in [6.45, 7) is 3.96. The van der Waals surface area contributed by atoms with E-state index in [1.807, 2.05) is 19.1 Å². The molecule has 0 radical (unpaired) electrons. The first-order valence-corrected chi connectivity index (χ1v) is 6.09. The fourth-order valence-corrected chi connectivity index (χ4v) is 2.41. The lowest BCUT2D eigenvalue weighted by Crippen LogP contribution is -2.15. The Hall–Kier alpha value is -0.960. The molecule has 15 heavy (non-hydrogen) atoms. The third-order valence-electron chi connectivity index (χ3n) is 2.35. The van der Waals surface area contributed by atoms with Gasteiger partial charge in [-0.25, -0.2) is 0 Å². The molecule has 0 aromatic heterocycles. The summed E-state index contributed by atoms with van der Waals surface area (Å²) < 4.78 is 0. The van der Waals surface area contributed by atoms with Crippen LogP contribution in [0.3, 0.4) is 0 Å². The van der Waals surface area contributed by atoms with Crippen LogP contribution in [0.25, 0.3) is 0 Å². The van der Waals surface area contributed by atoms with Gasteiger partial charge in [-0.1, -0.05) is 31.2 Å². The van der Waals surface area contributed by atoms with Gasteiger partial charge in [-0.05, 0) is 24.5 Å². The second-order valence-electron chi connectivity index (χ2n) is 3.47. The number of carbonyl (C=O) groups is 1. The summed E-state index contributed by atoms with van der Waals surface area (Å²) in [7, 11) is 0. The fraction of sp³-hybridized carbons (Fsp3) is 0.417. The summed E-state index contributed by atoms with van der Waals surface area (Å²) in [4.78, 5) is 10.8. The van der Waals surface area contributed by atoms with Crippen LogP contribution in [0.5, 0.6) is 0 Å². The molecule has 0 amide bonds. The monoisotopic (exact) mass is 224 g/mol. The maximum absolute atomic E-state index is 10.8. The Labute approximate surface area is 94.7 Å². The molecule has 0 aliphatic rings. The Morgan fingerprint density at radius 3 is 2.67 bits per heavy atom. The number of benzene rings is 1. The van der Waals surface area contributed by atoms with Gasteiger partial charge in [-0.15, -0.1) is 11.8 Å². The van der Waals surface area contributed by atoms with E-state index in [9.17, 15) is 4.79 Å². The van der Waals surface area contributed by atoms with E-state index >= 15 is 0 Å². The summed E-state index contributed by atoms with van der Waals surface area (Å²) in [5, 5.41) is 8.61. The molecule has 0 heterocycles. The van der Waals surface area contributed by atoms with Crippen molar-refractivity contribution in [2.75, 3.05) is 0 Å². The van der Waals surface area contributed by atoms with Crippen LogP contribution < -0.4 is 0 Å². The summed E-state index contributed by atoms with van der Waals surface area (Å²) in [6, 6.07) is 8.09. The Morgan fingerprint density at radius 1 is 1.47 bits per heavy atom. The quantitative estimate of drug-likeness (QED) is 0.835. The molecule has 2 nitrogen and oxygen atoms in total. The van der Waals surface area contributed by atoms with Crippen molar-refractivity contribution in [3.05, 3.63) is 35.4 Å². The second kappa shape index (κ2) is 5.81. The van der Waals surface area contributed by atoms with Crippen LogP contribution in [0.4, 0.5) is 0 Å². The van der Waals surface area contributed by atoms with Gasteiger partial charge < -0.3 is 5.11 Å². The van der Waals surface area contributed by atoms with Gasteiger partial charge in [0.15, 0.2) is 0 Å². The van der Waals surface area contributed by atoms with Crippen molar-refractivity contribution >= 4 is 17.7 Å². The molecule has 0 aliphatic heterocycles. The third-order valence-corrected chi connectivity index (χ3v) is 3.76. The lowest BCUT2D eigenvalue weighted by molar-refractivity contribution is -0.136. The topological polar surface area (TPSA) is 37.3 Å². The maximum atomic E-state index is 10.8. The Kier molecular flexibility index (Phi) is 4.69. The molecule has 0 bridgehead atoms. The van der Waals surface area contributed by atoms with Gasteiger partial charge >= 0.3 is 5.97 Å².